The Morgan fingerprint density at radius 1 is 1.44 bits per heavy atom. The number of nitrogens with one attached hydrogen (secondary N) is 2. The molecule has 134 valence electrons. The van der Waals surface area contributed by atoms with Gasteiger partial charge in [-0.1, -0.05) is 0 Å². The summed E-state index contributed by atoms with van der Waals surface area (Å²) in [6.45, 7) is 3.59. The second-order valence-corrected chi connectivity index (χ2v) is 7.08. The molecular formula is C15H22N8OS. The third kappa shape index (κ3) is 4.19. The van der Waals surface area contributed by atoms with Gasteiger partial charge in [0.2, 0.25) is 11.9 Å². The quantitative estimate of drug-likeness (QED) is 0.574. The Hall–Kier alpha value is -2.36. The van der Waals surface area contributed by atoms with Gasteiger partial charge in [-0.3, -0.25) is 4.79 Å². The molecular weight excluding hydrogens is 340 g/mol. The Bertz CT molecular complexity index is 733. The van der Waals surface area contributed by atoms with Crippen LogP contribution in [0, 0.1) is 0 Å². The van der Waals surface area contributed by atoms with Crippen molar-refractivity contribution >= 4 is 29.4 Å². The summed E-state index contributed by atoms with van der Waals surface area (Å²) < 4.78 is 0. The molecule has 0 spiro atoms. The molecule has 10 heteroatoms. The molecule has 0 unspecified atom stereocenters. The van der Waals surface area contributed by atoms with E-state index in [2.05, 4.69) is 30.7 Å². The molecule has 1 aliphatic heterocycles. The minimum atomic E-state index is 0.0780. The molecule has 3 rings (SSSR count). The van der Waals surface area contributed by atoms with E-state index in [9.17, 15) is 4.79 Å². The first-order chi connectivity index (χ1) is 12.0. The number of amides is 1. The monoisotopic (exact) mass is 362 g/mol. The van der Waals surface area contributed by atoms with Crippen LogP contribution in [0.25, 0.3) is 0 Å². The van der Waals surface area contributed by atoms with E-state index in [0.29, 0.717) is 19.0 Å². The second kappa shape index (κ2) is 7.68. The molecule has 0 bridgehead atoms. The van der Waals surface area contributed by atoms with Crippen LogP contribution < -0.4 is 10.2 Å². The molecule has 0 atom stereocenters. The van der Waals surface area contributed by atoms with Crippen molar-refractivity contribution in [1.82, 2.24) is 30.3 Å². The SMILES string of the molecule is CC(=O)N1CCc2c(nc(N(C)C)nc2NCCSc2cn[nH]n2)C1. The molecule has 0 aromatic carbocycles. The van der Waals surface area contributed by atoms with Crippen molar-refractivity contribution in [2.75, 3.05) is 43.2 Å². The van der Waals surface area contributed by atoms with E-state index in [4.69, 9.17) is 0 Å². The summed E-state index contributed by atoms with van der Waals surface area (Å²) in [7, 11) is 3.83. The number of aromatic nitrogens is 5. The lowest BCUT2D eigenvalue weighted by atomic mass is 10.1. The molecule has 0 saturated carbocycles. The number of hydrogen-bond donors (Lipinski definition) is 2. The topological polar surface area (TPSA) is 103 Å². The maximum Gasteiger partial charge on any atom is 0.227 e. The predicted molar refractivity (Wildman–Crippen MR) is 96.8 cm³/mol. The summed E-state index contributed by atoms with van der Waals surface area (Å²) in [6, 6.07) is 0. The summed E-state index contributed by atoms with van der Waals surface area (Å²) in [4.78, 5) is 24.6. The van der Waals surface area contributed by atoms with Crippen LogP contribution in [0.15, 0.2) is 11.2 Å². The van der Waals surface area contributed by atoms with Gasteiger partial charge in [-0.05, 0) is 6.42 Å². The smallest absolute Gasteiger partial charge is 0.227 e. The third-order valence-corrected chi connectivity index (χ3v) is 4.84. The summed E-state index contributed by atoms with van der Waals surface area (Å²) >= 11 is 1.62. The van der Waals surface area contributed by atoms with Gasteiger partial charge in [0.25, 0.3) is 0 Å². The van der Waals surface area contributed by atoms with E-state index in [1.165, 1.54) is 0 Å². The molecule has 1 amide bonds. The molecule has 25 heavy (non-hydrogen) atoms. The Morgan fingerprint density at radius 3 is 2.96 bits per heavy atom. The summed E-state index contributed by atoms with van der Waals surface area (Å²) in [5, 5.41) is 14.7. The third-order valence-electron chi connectivity index (χ3n) is 3.94. The molecule has 0 radical (unpaired) electrons. The number of rotatable bonds is 6. The van der Waals surface area contributed by atoms with E-state index in [0.717, 1.165) is 40.8 Å². The van der Waals surface area contributed by atoms with Crippen LogP contribution in [-0.4, -0.2) is 69.1 Å². The first kappa shape index (κ1) is 17.5. The van der Waals surface area contributed by atoms with Crippen molar-refractivity contribution in [3.63, 3.8) is 0 Å². The summed E-state index contributed by atoms with van der Waals surface area (Å²) in [6.07, 6.45) is 2.47. The standard InChI is InChI=1S/C15H22N8OS/c1-10(24)23-6-4-11-12(9-23)18-15(22(2)3)19-14(11)16-5-7-25-13-8-17-21-20-13/h8H,4-7,9H2,1-3H3,(H,16,18,19)(H,17,20,21). The molecule has 2 N–H and O–H groups in total. The van der Waals surface area contributed by atoms with Crippen molar-refractivity contribution in [3.8, 4) is 0 Å². The van der Waals surface area contributed by atoms with Crippen molar-refractivity contribution in [3.05, 3.63) is 17.5 Å². The molecule has 3 heterocycles. The highest BCUT2D eigenvalue weighted by Gasteiger charge is 2.24. The molecule has 1 aliphatic rings. The largest absolute Gasteiger partial charge is 0.369 e. The number of fused-ring (bicyclic) bond motifs is 1. The number of nitrogens with zero attached hydrogens (tertiary/aromatic N) is 6. The fraction of sp³-hybridized carbons (Fsp3) is 0.533. The molecule has 0 saturated heterocycles. The zero-order valence-electron chi connectivity index (χ0n) is 14.6. The van der Waals surface area contributed by atoms with Crippen LogP contribution in [0.5, 0.6) is 0 Å². The van der Waals surface area contributed by atoms with Gasteiger partial charge >= 0.3 is 0 Å². The average molecular weight is 362 g/mol. The first-order valence-electron chi connectivity index (χ1n) is 8.09. The van der Waals surface area contributed by atoms with Crippen molar-refractivity contribution in [2.45, 2.75) is 24.9 Å². The Kier molecular flexibility index (Phi) is 5.37. The summed E-state index contributed by atoms with van der Waals surface area (Å²) in [5.41, 5.74) is 2.03. The zero-order chi connectivity index (χ0) is 17.8. The minimum absolute atomic E-state index is 0.0780. The van der Waals surface area contributed by atoms with E-state index >= 15 is 0 Å². The lowest BCUT2D eigenvalue weighted by molar-refractivity contribution is -0.129. The number of carbonyl (C=O) groups excluding carboxylic acids is 1. The number of aromatic amines is 1. The lowest BCUT2D eigenvalue weighted by Gasteiger charge is -2.29. The highest BCUT2D eigenvalue weighted by Crippen LogP contribution is 2.26. The molecule has 2 aromatic heterocycles. The fourth-order valence-corrected chi connectivity index (χ4v) is 3.26. The number of carbonyl (C=O) groups is 1. The van der Waals surface area contributed by atoms with Crippen molar-refractivity contribution in [1.29, 1.82) is 0 Å². The fourth-order valence-electron chi connectivity index (χ4n) is 2.62. The van der Waals surface area contributed by atoms with E-state index in [-0.39, 0.29) is 5.91 Å². The zero-order valence-corrected chi connectivity index (χ0v) is 15.4. The maximum absolute atomic E-state index is 11.7. The highest BCUT2D eigenvalue weighted by atomic mass is 32.2. The van der Waals surface area contributed by atoms with Crippen LogP contribution in [0.1, 0.15) is 18.2 Å². The van der Waals surface area contributed by atoms with Gasteiger partial charge in [-0.15, -0.1) is 16.9 Å². The Morgan fingerprint density at radius 2 is 2.28 bits per heavy atom. The van der Waals surface area contributed by atoms with Gasteiger partial charge in [0, 0.05) is 45.4 Å². The van der Waals surface area contributed by atoms with E-state index in [1.807, 2.05) is 23.9 Å². The van der Waals surface area contributed by atoms with E-state index < -0.39 is 0 Å². The minimum Gasteiger partial charge on any atom is -0.369 e. The number of thioether (sulfide) groups is 1. The van der Waals surface area contributed by atoms with Crippen LogP contribution in [-0.2, 0) is 17.8 Å². The van der Waals surface area contributed by atoms with Gasteiger partial charge in [0.15, 0.2) is 0 Å². The maximum atomic E-state index is 11.7. The van der Waals surface area contributed by atoms with Gasteiger partial charge in [0.05, 0.1) is 18.4 Å². The van der Waals surface area contributed by atoms with Gasteiger partial charge < -0.3 is 15.1 Å². The van der Waals surface area contributed by atoms with E-state index in [1.54, 1.807) is 24.9 Å². The van der Waals surface area contributed by atoms with Crippen molar-refractivity contribution < 1.29 is 4.79 Å². The second-order valence-electron chi connectivity index (χ2n) is 5.97. The Labute approximate surface area is 150 Å². The van der Waals surface area contributed by atoms with Gasteiger partial charge in [0.1, 0.15) is 10.8 Å². The predicted octanol–water partition coefficient (Wildman–Crippen LogP) is 0.769. The van der Waals surface area contributed by atoms with Crippen LogP contribution in [0.4, 0.5) is 11.8 Å². The average Bonchev–Trinajstić information content (AvgIpc) is 3.11. The molecule has 2 aromatic rings. The summed E-state index contributed by atoms with van der Waals surface area (Å²) in [5.74, 6) is 2.44. The number of anilines is 2. The molecule has 0 aliphatic carbocycles. The number of hydrogen-bond acceptors (Lipinski definition) is 8. The van der Waals surface area contributed by atoms with Crippen molar-refractivity contribution in [2.24, 2.45) is 0 Å². The van der Waals surface area contributed by atoms with Gasteiger partial charge in [-0.2, -0.15) is 15.3 Å². The Balaban J connectivity index is 1.72. The highest BCUT2D eigenvalue weighted by molar-refractivity contribution is 7.99. The molecule has 9 nitrogen and oxygen atoms in total. The molecule has 0 fully saturated rings. The van der Waals surface area contributed by atoms with Crippen LogP contribution >= 0.6 is 11.8 Å². The lowest BCUT2D eigenvalue weighted by Crippen LogP contribution is -2.36. The van der Waals surface area contributed by atoms with Crippen LogP contribution in [0.2, 0.25) is 0 Å². The van der Waals surface area contributed by atoms with Gasteiger partial charge in [-0.25, -0.2) is 4.98 Å². The first-order valence-corrected chi connectivity index (χ1v) is 9.08. The van der Waals surface area contributed by atoms with Crippen LogP contribution in [0.3, 0.4) is 0 Å². The normalized spacial score (nSPS) is 13.5. The number of H-pyrrole nitrogens is 1.